The Labute approximate surface area is 149 Å². The van der Waals surface area contributed by atoms with Gasteiger partial charge in [0.15, 0.2) is 0 Å². The molecule has 1 aromatic rings. The summed E-state index contributed by atoms with van der Waals surface area (Å²) in [5.74, 6) is -0.398. The molecule has 25 heavy (non-hydrogen) atoms. The van der Waals surface area contributed by atoms with Crippen LogP contribution in [-0.4, -0.2) is 36.9 Å². The fourth-order valence-electron chi connectivity index (χ4n) is 2.93. The maximum Gasteiger partial charge on any atom is 0.307 e. The number of esters is 1. The molecule has 7 heteroatoms. The lowest BCUT2D eigenvalue weighted by Crippen LogP contribution is -2.45. The zero-order valence-electron chi connectivity index (χ0n) is 14.9. The fraction of sp³-hybridized carbons (Fsp3) is 0.556. The van der Waals surface area contributed by atoms with Crippen LogP contribution in [0.5, 0.6) is 0 Å². The summed E-state index contributed by atoms with van der Waals surface area (Å²) in [6, 6.07) is 7.50. The minimum Gasteiger partial charge on any atom is -0.460 e. The average Bonchev–Trinajstić information content (AvgIpc) is 2.53. The molecular weight excluding hydrogens is 340 g/mol. The molecule has 2 rings (SSSR count). The van der Waals surface area contributed by atoms with Crippen LogP contribution in [0.4, 0.5) is 0 Å². The van der Waals surface area contributed by atoms with Crippen molar-refractivity contribution in [2.75, 3.05) is 6.54 Å². The molecule has 0 amide bonds. The van der Waals surface area contributed by atoms with Gasteiger partial charge in [0.05, 0.1) is 22.9 Å². The SMILES string of the molecule is CC(C)(C)OC(=O)CC1CCCCN1S(=O)(=O)c1cccc(C#N)c1. The Morgan fingerprint density at radius 1 is 1.36 bits per heavy atom. The van der Waals surface area contributed by atoms with Crippen molar-refractivity contribution in [2.45, 2.75) is 63.0 Å². The number of carbonyl (C=O) groups excluding carboxylic acids is 1. The van der Waals surface area contributed by atoms with Gasteiger partial charge in [-0.1, -0.05) is 12.5 Å². The van der Waals surface area contributed by atoms with E-state index in [1.807, 2.05) is 6.07 Å². The third kappa shape index (κ3) is 5.03. The average molecular weight is 364 g/mol. The predicted octanol–water partition coefficient (Wildman–Crippen LogP) is 2.83. The monoisotopic (exact) mass is 364 g/mol. The Kier molecular flexibility index (Phi) is 5.86. The van der Waals surface area contributed by atoms with E-state index in [4.69, 9.17) is 10.00 Å². The van der Waals surface area contributed by atoms with Crippen LogP contribution in [0, 0.1) is 11.3 Å². The van der Waals surface area contributed by atoms with Gasteiger partial charge >= 0.3 is 5.97 Å². The third-order valence-corrected chi connectivity index (χ3v) is 5.91. The van der Waals surface area contributed by atoms with Gasteiger partial charge in [0.2, 0.25) is 10.0 Å². The summed E-state index contributed by atoms with van der Waals surface area (Å²) in [7, 11) is -3.76. The molecular formula is C18H24N2O4S. The normalized spacial score (nSPS) is 19.2. The predicted molar refractivity (Wildman–Crippen MR) is 93.1 cm³/mol. The van der Waals surface area contributed by atoms with E-state index < -0.39 is 27.6 Å². The van der Waals surface area contributed by atoms with Gasteiger partial charge in [0, 0.05) is 12.6 Å². The van der Waals surface area contributed by atoms with Crippen molar-refractivity contribution in [3.05, 3.63) is 29.8 Å². The van der Waals surface area contributed by atoms with Gasteiger partial charge in [-0.15, -0.1) is 0 Å². The highest BCUT2D eigenvalue weighted by atomic mass is 32.2. The summed E-state index contributed by atoms with van der Waals surface area (Å²) in [6.07, 6.45) is 2.28. The van der Waals surface area contributed by atoms with Gasteiger partial charge in [-0.3, -0.25) is 4.79 Å². The Balaban J connectivity index is 2.24. The molecule has 1 atom stereocenters. The minimum absolute atomic E-state index is 0.0362. The number of piperidine rings is 1. The number of nitrogens with zero attached hydrogens (tertiary/aromatic N) is 2. The quantitative estimate of drug-likeness (QED) is 0.767. The molecule has 1 unspecified atom stereocenters. The lowest BCUT2D eigenvalue weighted by molar-refractivity contribution is -0.156. The first-order valence-corrected chi connectivity index (χ1v) is 9.81. The zero-order valence-corrected chi connectivity index (χ0v) is 15.7. The lowest BCUT2D eigenvalue weighted by atomic mass is 10.0. The summed E-state index contributed by atoms with van der Waals surface area (Å²) < 4.78 is 32.7. The van der Waals surface area contributed by atoms with Crippen molar-refractivity contribution >= 4 is 16.0 Å². The highest BCUT2D eigenvalue weighted by Gasteiger charge is 2.35. The summed E-state index contributed by atoms with van der Waals surface area (Å²) in [6.45, 7) is 5.72. The van der Waals surface area contributed by atoms with Crippen molar-refractivity contribution in [1.29, 1.82) is 5.26 Å². The largest absolute Gasteiger partial charge is 0.460 e. The van der Waals surface area contributed by atoms with Crippen LogP contribution in [0.15, 0.2) is 29.2 Å². The Hall–Kier alpha value is -1.91. The molecule has 0 saturated carbocycles. The molecule has 0 bridgehead atoms. The van der Waals surface area contributed by atoms with Gasteiger partial charge in [0.25, 0.3) is 0 Å². The molecule has 6 nitrogen and oxygen atoms in total. The molecule has 1 aliphatic heterocycles. The summed E-state index contributed by atoms with van der Waals surface area (Å²) >= 11 is 0. The number of hydrogen-bond acceptors (Lipinski definition) is 5. The fourth-order valence-corrected chi connectivity index (χ4v) is 4.67. The van der Waals surface area contributed by atoms with Gasteiger partial charge < -0.3 is 4.74 Å². The van der Waals surface area contributed by atoms with Crippen LogP contribution in [0.25, 0.3) is 0 Å². The van der Waals surface area contributed by atoms with E-state index in [9.17, 15) is 13.2 Å². The van der Waals surface area contributed by atoms with E-state index >= 15 is 0 Å². The summed E-state index contributed by atoms with van der Waals surface area (Å²) in [5, 5.41) is 9.00. The van der Waals surface area contributed by atoms with E-state index in [-0.39, 0.29) is 11.3 Å². The van der Waals surface area contributed by atoms with E-state index in [0.29, 0.717) is 18.5 Å². The van der Waals surface area contributed by atoms with Crippen LogP contribution >= 0.6 is 0 Å². The Morgan fingerprint density at radius 2 is 2.08 bits per heavy atom. The summed E-state index contributed by atoms with van der Waals surface area (Å²) in [5.41, 5.74) is -0.307. The Bertz CT molecular complexity index is 775. The van der Waals surface area contributed by atoms with Gasteiger partial charge in [-0.25, -0.2) is 8.42 Å². The Morgan fingerprint density at radius 3 is 2.72 bits per heavy atom. The number of sulfonamides is 1. The molecule has 1 fully saturated rings. The van der Waals surface area contributed by atoms with E-state index in [0.717, 1.165) is 12.8 Å². The molecule has 0 aromatic heterocycles. The first kappa shape index (κ1) is 19.4. The number of benzene rings is 1. The van der Waals surface area contributed by atoms with Crippen molar-refractivity contribution in [1.82, 2.24) is 4.31 Å². The zero-order chi connectivity index (χ0) is 18.7. The molecule has 136 valence electrons. The third-order valence-electron chi connectivity index (χ3n) is 3.97. The molecule has 1 aromatic carbocycles. The number of carbonyl (C=O) groups is 1. The maximum absolute atomic E-state index is 13.0. The van der Waals surface area contributed by atoms with E-state index in [1.165, 1.54) is 16.4 Å². The number of ether oxygens (including phenoxy) is 1. The maximum atomic E-state index is 13.0. The second-order valence-corrected chi connectivity index (χ2v) is 9.09. The summed E-state index contributed by atoms with van der Waals surface area (Å²) in [4.78, 5) is 12.2. The molecule has 0 spiro atoms. The lowest BCUT2D eigenvalue weighted by Gasteiger charge is -2.34. The number of rotatable bonds is 4. The van der Waals surface area contributed by atoms with E-state index in [2.05, 4.69) is 0 Å². The molecule has 1 aliphatic rings. The van der Waals surface area contributed by atoms with Gasteiger partial charge in [0.1, 0.15) is 5.60 Å². The van der Waals surface area contributed by atoms with Crippen molar-refractivity contribution in [3.8, 4) is 6.07 Å². The molecule has 1 heterocycles. The van der Waals surface area contributed by atoms with Crippen LogP contribution in [0.1, 0.15) is 52.0 Å². The van der Waals surface area contributed by atoms with Crippen LogP contribution < -0.4 is 0 Å². The number of nitriles is 1. The van der Waals surface area contributed by atoms with Crippen LogP contribution in [0.2, 0.25) is 0 Å². The van der Waals surface area contributed by atoms with Gasteiger partial charge in [-0.2, -0.15) is 9.57 Å². The smallest absolute Gasteiger partial charge is 0.307 e. The first-order chi connectivity index (χ1) is 11.6. The highest BCUT2D eigenvalue weighted by Crippen LogP contribution is 2.28. The topological polar surface area (TPSA) is 87.5 Å². The van der Waals surface area contributed by atoms with Crippen molar-refractivity contribution in [2.24, 2.45) is 0 Å². The number of hydrogen-bond donors (Lipinski definition) is 0. The standard InChI is InChI=1S/C18H24N2O4S/c1-18(2,3)24-17(21)12-15-8-4-5-10-20(15)25(22,23)16-9-6-7-14(11-16)13-19/h6-7,9,11,15H,4-5,8,10,12H2,1-3H3. The second kappa shape index (κ2) is 7.54. The highest BCUT2D eigenvalue weighted by molar-refractivity contribution is 7.89. The molecule has 0 N–H and O–H groups in total. The van der Waals surface area contributed by atoms with Crippen LogP contribution in [0.3, 0.4) is 0 Å². The second-order valence-electron chi connectivity index (χ2n) is 7.20. The molecule has 0 radical (unpaired) electrons. The minimum atomic E-state index is -3.76. The van der Waals surface area contributed by atoms with Crippen molar-refractivity contribution < 1.29 is 17.9 Å². The van der Waals surface area contributed by atoms with Crippen LogP contribution in [-0.2, 0) is 19.6 Å². The molecule has 1 saturated heterocycles. The van der Waals surface area contributed by atoms with Crippen molar-refractivity contribution in [3.63, 3.8) is 0 Å². The van der Waals surface area contributed by atoms with E-state index in [1.54, 1.807) is 32.9 Å². The first-order valence-electron chi connectivity index (χ1n) is 8.37. The molecule has 0 aliphatic carbocycles. The van der Waals surface area contributed by atoms with Gasteiger partial charge in [-0.05, 0) is 51.8 Å².